The Morgan fingerprint density at radius 1 is 0.941 bits per heavy atom. The molecule has 0 radical (unpaired) electrons. The van der Waals surface area contributed by atoms with Crippen molar-refractivity contribution in [2.24, 2.45) is 5.92 Å². The highest BCUT2D eigenvalue weighted by Crippen LogP contribution is 2.38. The number of hydrogen-bond acceptors (Lipinski definition) is 5. The Morgan fingerprint density at radius 2 is 1.44 bits per heavy atom. The average molecular weight is 916 g/mol. The number of carbonyl (C=O) groups is 4. The third-order valence-electron chi connectivity index (χ3n) is 4.88. The molecule has 1 aliphatic rings. The molecule has 1 N–H and O–H groups in total. The van der Waals surface area contributed by atoms with E-state index in [0.29, 0.717) is 12.8 Å². The van der Waals surface area contributed by atoms with Crippen LogP contribution >= 0.6 is 90.4 Å². The quantitative estimate of drug-likeness (QED) is 0.132. The maximum absolute atomic E-state index is 13.4. The number of anilines is 1. The van der Waals surface area contributed by atoms with E-state index in [1.807, 2.05) is 59.0 Å². The van der Waals surface area contributed by atoms with Crippen LogP contribution in [0.25, 0.3) is 0 Å². The molecule has 0 aromatic heterocycles. The molecule has 3 rings (SSSR count). The zero-order chi connectivity index (χ0) is 25.3. The van der Waals surface area contributed by atoms with Crippen LogP contribution in [-0.2, 0) is 14.3 Å². The number of ether oxygens (including phenoxy) is 1. The van der Waals surface area contributed by atoms with E-state index >= 15 is 0 Å². The fraction of sp³-hybridized carbons (Fsp3) is 0.273. The smallest absolute Gasteiger partial charge is 0.329 e. The summed E-state index contributed by atoms with van der Waals surface area (Å²) in [6.07, 6.45) is 0.186. The Balaban J connectivity index is 1.82. The highest BCUT2D eigenvalue weighted by atomic mass is 127. The molecule has 2 aromatic carbocycles. The third kappa shape index (κ3) is 5.84. The van der Waals surface area contributed by atoms with Gasteiger partial charge in [0, 0.05) is 20.0 Å². The van der Waals surface area contributed by atoms with Crippen molar-refractivity contribution >= 4 is 120 Å². The molecule has 0 saturated carbocycles. The minimum atomic E-state index is -1.17. The summed E-state index contributed by atoms with van der Waals surface area (Å²) in [5.74, 6) is -3.04. The zero-order valence-corrected chi connectivity index (χ0v) is 26.4. The van der Waals surface area contributed by atoms with Gasteiger partial charge in [0.05, 0.1) is 11.1 Å². The van der Waals surface area contributed by atoms with E-state index in [4.69, 9.17) is 4.74 Å². The molecule has 0 aliphatic carbocycles. The van der Waals surface area contributed by atoms with Gasteiger partial charge in [-0.25, -0.2) is 9.18 Å². The molecule has 180 valence electrons. The average Bonchev–Trinajstić information content (AvgIpc) is 3.04. The Bertz CT molecular complexity index is 1140. The summed E-state index contributed by atoms with van der Waals surface area (Å²) >= 11 is 8.36. The van der Waals surface area contributed by atoms with Gasteiger partial charge in [0.15, 0.2) is 6.61 Å². The topological polar surface area (TPSA) is 92.8 Å². The molecule has 0 unspecified atom stereocenters. The molecule has 0 saturated heterocycles. The lowest BCUT2D eigenvalue weighted by Gasteiger charge is -2.26. The molecule has 2 aromatic rings. The van der Waals surface area contributed by atoms with E-state index in [1.54, 1.807) is 0 Å². The van der Waals surface area contributed by atoms with Crippen LogP contribution in [0.2, 0.25) is 0 Å². The van der Waals surface area contributed by atoms with Gasteiger partial charge >= 0.3 is 5.97 Å². The molecule has 34 heavy (non-hydrogen) atoms. The maximum Gasteiger partial charge on any atom is 0.329 e. The molecule has 1 heterocycles. The summed E-state index contributed by atoms with van der Waals surface area (Å²) in [4.78, 5) is 52.9. The van der Waals surface area contributed by atoms with Gasteiger partial charge in [-0.15, -0.1) is 0 Å². The first-order chi connectivity index (χ1) is 15.9. The largest absolute Gasteiger partial charge is 0.454 e. The molecule has 1 atom stereocenters. The number of esters is 1. The molecular weight excluding hydrogens is 899 g/mol. The predicted octanol–water partition coefficient (Wildman–Crippen LogP) is 5.44. The van der Waals surface area contributed by atoms with Crippen molar-refractivity contribution in [1.82, 2.24) is 4.90 Å². The molecular formula is C22H17FI4N2O5. The number of imide groups is 1. The molecule has 12 heteroatoms. The summed E-state index contributed by atoms with van der Waals surface area (Å²) in [6, 6.07) is 3.96. The lowest BCUT2D eigenvalue weighted by Crippen LogP contribution is -2.47. The van der Waals surface area contributed by atoms with Crippen LogP contribution < -0.4 is 5.32 Å². The van der Waals surface area contributed by atoms with E-state index < -0.39 is 42.2 Å². The van der Waals surface area contributed by atoms with Crippen LogP contribution in [-0.4, -0.2) is 41.2 Å². The maximum atomic E-state index is 13.4. The zero-order valence-electron chi connectivity index (χ0n) is 17.8. The van der Waals surface area contributed by atoms with Gasteiger partial charge in [-0.05, 0) is 127 Å². The fourth-order valence-electron chi connectivity index (χ4n) is 3.37. The van der Waals surface area contributed by atoms with E-state index in [-0.39, 0.29) is 23.5 Å². The monoisotopic (exact) mass is 916 g/mol. The van der Waals surface area contributed by atoms with E-state index in [2.05, 4.69) is 50.5 Å². The van der Waals surface area contributed by atoms with E-state index in [9.17, 15) is 23.6 Å². The van der Waals surface area contributed by atoms with Crippen LogP contribution in [0.5, 0.6) is 0 Å². The van der Waals surface area contributed by atoms with Gasteiger partial charge in [0.1, 0.15) is 11.9 Å². The van der Waals surface area contributed by atoms with Gasteiger partial charge < -0.3 is 10.1 Å². The lowest BCUT2D eigenvalue weighted by atomic mass is 10.0. The summed E-state index contributed by atoms with van der Waals surface area (Å²) in [6.45, 7) is 3.11. The molecule has 0 spiro atoms. The highest BCUT2D eigenvalue weighted by Gasteiger charge is 2.47. The minimum absolute atomic E-state index is 0.0340. The summed E-state index contributed by atoms with van der Waals surface area (Å²) in [5.41, 5.74) is 0.917. The van der Waals surface area contributed by atoms with Crippen molar-refractivity contribution in [2.45, 2.75) is 26.3 Å². The number of rotatable bonds is 7. The van der Waals surface area contributed by atoms with Gasteiger partial charge in [0.25, 0.3) is 17.7 Å². The van der Waals surface area contributed by atoms with Crippen molar-refractivity contribution in [1.29, 1.82) is 0 Å². The van der Waals surface area contributed by atoms with Crippen LogP contribution in [0, 0.1) is 26.0 Å². The van der Waals surface area contributed by atoms with Crippen LogP contribution in [0.15, 0.2) is 24.3 Å². The summed E-state index contributed by atoms with van der Waals surface area (Å²) in [7, 11) is 0. The number of fused-ring (bicyclic) bond motifs is 1. The first-order valence-electron chi connectivity index (χ1n) is 9.89. The number of benzene rings is 2. The second kappa shape index (κ2) is 11.6. The van der Waals surface area contributed by atoms with Crippen LogP contribution in [0.3, 0.4) is 0 Å². The number of amides is 3. The van der Waals surface area contributed by atoms with Crippen molar-refractivity contribution < 1.29 is 28.3 Å². The molecule has 7 nitrogen and oxygen atoms in total. The van der Waals surface area contributed by atoms with Crippen LogP contribution in [0.1, 0.15) is 41.0 Å². The highest BCUT2D eigenvalue weighted by molar-refractivity contribution is 14.1. The summed E-state index contributed by atoms with van der Waals surface area (Å²) < 4.78 is 21.3. The predicted molar refractivity (Wildman–Crippen MR) is 157 cm³/mol. The molecule has 3 amide bonds. The third-order valence-corrected chi connectivity index (χ3v) is 12.3. The molecule has 0 fully saturated rings. The molecule has 0 bridgehead atoms. The fourth-order valence-corrected chi connectivity index (χ4v) is 7.02. The Labute approximate surface area is 249 Å². The van der Waals surface area contributed by atoms with Gasteiger partial charge in [-0.1, -0.05) is 13.8 Å². The van der Waals surface area contributed by atoms with Gasteiger partial charge in [-0.2, -0.15) is 0 Å². The Morgan fingerprint density at radius 3 is 1.91 bits per heavy atom. The Kier molecular flexibility index (Phi) is 9.55. The van der Waals surface area contributed by atoms with Crippen molar-refractivity contribution in [3.8, 4) is 0 Å². The summed E-state index contributed by atoms with van der Waals surface area (Å²) in [5, 5.41) is 2.50. The second-order valence-corrected chi connectivity index (χ2v) is 12.1. The standard InChI is InChI=1S/C22H17FI4N2O5/c1-9(2)7-12(22(33)34-8-13(30)28-11-5-3-10(23)4-6-11)29-20(31)14-15(21(29)32)17(25)19(27)18(26)16(14)24/h3-6,9,12H,7-8H2,1-2H3,(H,28,30)/t12-/m1/s1. The second-order valence-electron chi connectivity index (χ2n) is 7.79. The van der Waals surface area contributed by atoms with Crippen molar-refractivity contribution in [3.63, 3.8) is 0 Å². The SMILES string of the molecule is CC(C)C[C@H](C(=O)OCC(=O)Nc1ccc(F)cc1)N1C(=O)c2c(I)c(I)c(I)c(I)c2C1=O. The van der Waals surface area contributed by atoms with Crippen LogP contribution in [0.4, 0.5) is 10.1 Å². The van der Waals surface area contributed by atoms with Gasteiger partial charge in [0.2, 0.25) is 0 Å². The van der Waals surface area contributed by atoms with Crippen molar-refractivity contribution in [3.05, 3.63) is 55.5 Å². The lowest BCUT2D eigenvalue weighted by molar-refractivity contribution is -0.151. The number of halogens is 5. The van der Waals surface area contributed by atoms with Gasteiger partial charge in [-0.3, -0.25) is 19.3 Å². The van der Waals surface area contributed by atoms with E-state index in [0.717, 1.165) is 12.0 Å². The first-order valence-corrected chi connectivity index (χ1v) is 14.2. The number of carbonyl (C=O) groups excluding carboxylic acids is 4. The number of nitrogens with one attached hydrogen (secondary N) is 1. The number of nitrogens with zero attached hydrogens (tertiary/aromatic N) is 1. The normalized spacial score (nSPS) is 13.8. The minimum Gasteiger partial charge on any atom is -0.454 e. The van der Waals surface area contributed by atoms with E-state index in [1.165, 1.54) is 24.3 Å². The first kappa shape index (κ1) is 27.9. The Hall–Kier alpha value is -0.630. The number of hydrogen-bond donors (Lipinski definition) is 1. The molecule has 1 aliphatic heterocycles. The van der Waals surface area contributed by atoms with Crippen molar-refractivity contribution in [2.75, 3.05) is 11.9 Å².